The fourth-order valence-corrected chi connectivity index (χ4v) is 2.60. The van der Waals surface area contributed by atoms with E-state index in [4.69, 9.17) is 0 Å². The van der Waals surface area contributed by atoms with Crippen LogP contribution in [0.2, 0.25) is 0 Å². The number of alkyl halides is 31. The summed E-state index contributed by atoms with van der Waals surface area (Å²) in [6.07, 6.45) is -26.1. The van der Waals surface area contributed by atoms with Gasteiger partial charge in [0.05, 0.1) is 0 Å². The number of hydrogen-bond acceptors (Lipinski definition) is 1. The molecule has 0 saturated heterocycles. The lowest BCUT2D eigenvalue weighted by molar-refractivity contribution is -1.26. The monoisotopic (exact) mass is 835 g/mol. The summed E-state index contributed by atoms with van der Waals surface area (Å²) < 4.78 is 409. The van der Waals surface area contributed by atoms with Crippen LogP contribution in [0, 0.1) is 0 Å². The normalized spacial score (nSPS) is 16.7. The van der Waals surface area contributed by atoms with Crippen LogP contribution in [-0.2, 0) is 0 Å². The van der Waals surface area contributed by atoms with Crippen molar-refractivity contribution in [2.75, 3.05) is 14.1 Å². The quantitative estimate of drug-likeness (QED) is 0.124. The molecule has 304 valence electrons. The maximum atomic E-state index is 13.6. The highest BCUT2D eigenvalue weighted by atomic mass is 19.5. The van der Waals surface area contributed by atoms with Crippen molar-refractivity contribution < 1.29 is 145 Å². The molecule has 0 aliphatic carbocycles. The van der Waals surface area contributed by atoms with Crippen molar-refractivity contribution in [3.8, 4) is 0 Å². The van der Waals surface area contributed by atoms with Gasteiger partial charge in [0.15, 0.2) is 0 Å². The third-order valence-corrected chi connectivity index (χ3v) is 5.37. The largest absolute Gasteiger partial charge is 0.611 e. The van der Waals surface area contributed by atoms with Crippen molar-refractivity contribution in [2.24, 2.45) is 0 Å². The van der Waals surface area contributed by atoms with E-state index in [9.17, 15) is 141 Å². The van der Waals surface area contributed by atoms with Crippen molar-refractivity contribution in [1.82, 2.24) is 5.32 Å². The highest BCUT2D eigenvalue weighted by molar-refractivity contribution is 5.19. The van der Waals surface area contributed by atoms with Crippen molar-refractivity contribution in [1.29, 1.82) is 0 Å². The zero-order valence-electron chi connectivity index (χ0n) is 22.0. The first-order valence-corrected chi connectivity index (χ1v) is 10.4. The summed E-state index contributed by atoms with van der Waals surface area (Å²) in [7, 11) is 3.75. The predicted molar refractivity (Wildman–Crippen MR) is 88.9 cm³/mol. The Bertz CT molecular complexity index is 1150. The molecule has 0 spiro atoms. The van der Waals surface area contributed by atoms with E-state index in [-0.39, 0.29) is 0 Å². The van der Waals surface area contributed by atoms with Crippen LogP contribution < -0.4 is 5.32 Å². The summed E-state index contributed by atoms with van der Waals surface area (Å²) in [5, 5.41) is 2.75. The molecule has 2 nitrogen and oxygen atoms in total. The average molecular weight is 835 g/mol. The first-order valence-electron chi connectivity index (χ1n) is 10.4. The van der Waals surface area contributed by atoms with Gasteiger partial charge in [0.1, 0.15) is 4.71 Å². The van der Waals surface area contributed by atoms with Gasteiger partial charge in [-0.05, 0) is 14.1 Å². The molecule has 0 aromatic heterocycles. The second-order valence-electron chi connectivity index (χ2n) is 8.81. The van der Waals surface area contributed by atoms with Gasteiger partial charge in [0.2, 0.25) is 0 Å². The van der Waals surface area contributed by atoms with E-state index in [1.54, 1.807) is 0 Å². The molecule has 0 atom stereocenters. The molecular formula is C16H7F32N2+. The summed E-state index contributed by atoms with van der Waals surface area (Å²) >= 11 is 0. The number of halogens is 32. The average Bonchev–Trinajstić information content (AvgIpc) is 2.85. The highest BCUT2D eigenvalue weighted by Gasteiger charge is 3.03. The number of nitrogens with zero attached hydrogens (tertiary/aromatic N) is 1. The minimum Gasteiger partial charge on any atom is -0.323 e. The maximum absolute atomic E-state index is 13.6. The van der Waals surface area contributed by atoms with Crippen LogP contribution in [-0.4, -0.2) is 103 Å². The molecule has 34 heteroatoms. The molecule has 0 heterocycles. The number of hydrogen-bond donors (Lipinski definition) is 1. The van der Waals surface area contributed by atoms with Crippen molar-refractivity contribution in [2.45, 2.75) is 84.0 Å². The second kappa shape index (κ2) is 12.4. The van der Waals surface area contributed by atoms with Crippen molar-refractivity contribution in [3.63, 3.8) is 0 Å². The molecule has 50 heavy (non-hydrogen) atoms. The summed E-state index contributed by atoms with van der Waals surface area (Å²) in [6.45, 7) is 0. The Morgan fingerprint density at radius 1 is 0.280 bits per heavy atom. The van der Waals surface area contributed by atoms with E-state index >= 15 is 0 Å². The molecular weight excluding hydrogens is 828 g/mol. The lowest BCUT2D eigenvalue weighted by atomic mass is 9.85. The zero-order chi connectivity index (χ0) is 42.2. The fourth-order valence-electron chi connectivity index (χ4n) is 2.60. The maximum Gasteiger partial charge on any atom is 0.611 e. The Hall–Kier alpha value is -2.32. The Labute approximate surface area is 250 Å². The van der Waals surface area contributed by atoms with Crippen LogP contribution in [0.5, 0.6) is 0 Å². The van der Waals surface area contributed by atoms with Gasteiger partial charge in [-0.15, -0.1) is 35.1 Å². The van der Waals surface area contributed by atoms with Gasteiger partial charge >= 0.3 is 84.0 Å². The Balaban J connectivity index is 0. The van der Waals surface area contributed by atoms with Crippen LogP contribution in [0.25, 0.3) is 0 Å². The smallest absolute Gasteiger partial charge is 0.323 e. The Kier molecular flexibility index (Phi) is 12.3. The Morgan fingerprint density at radius 3 is 0.560 bits per heavy atom. The molecule has 0 amide bonds. The molecule has 0 aromatic rings. The molecule has 0 rings (SSSR count). The fraction of sp³-hybridized carbons (Fsp3) is 1.00. The molecule has 0 saturated carbocycles. The third kappa shape index (κ3) is 5.96. The number of nitrogens with one attached hydrogen (secondary N) is 1. The van der Waals surface area contributed by atoms with E-state index in [2.05, 4.69) is 5.32 Å². The Morgan fingerprint density at radius 2 is 0.420 bits per heavy atom. The van der Waals surface area contributed by atoms with E-state index in [0.717, 1.165) is 0 Å². The van der Waals surface area contributed by atoms with E-state index in [1.807, 2.05) is 14.1 Å². The second-order valence-corrected chi connectivity index (χ2v) is 8.81. The topological polar surface area (TPSA) is 12.0 Å². The van der Waals surface area contributed by atoms with Gasteiger partial charge in [0.25, 0.3) is 0 Å². The SMILES string of the molecule is CNC.FC(F)(F)C(F)(F)C(F)(F)C(F)(F)C(F)(F)C(F)(F)C(F)(F)C(F)(F)C(F)(F)C(F)(F)C(F)(F)C(F)(F)[N+](F)(C(F)(F)F)C(F)(F)F. The van der Waals surface area contributed by atoms with Gasteiger partial charge in [-0.3, -0.25) is 0 Å². The summed E-state index contributed by atoms with van der Waals surface area (Å²) in [6, 6.07) is -9.84. The minimum atomic E-state index is -10.2. The standard InChI is InChI=1S/C14F32N.C2H7N/c15-1(16,3(19,20)5(23,24)7(27,28)9(31,32)11(35,36)37)2(17,18)4(21,22)6(25,26)8(29,30)10(33,34)12(38,39)47(46,13(40,41)42)14(43,44)45;1-3-2/h;3H,1-2H3/q+1;. The molecule has 0 aromatic carbocycles. The molecule has 1 N–H and O–H groups in total. The first-order chi connectivity index (χ1) is 20.9. The number of quaternary nitrogens is 1. The summed E-state index contributed by atoms with van der Waals surface area (Å²) in [5.74, 6) is -98.3. The van der Waals surface area contributed by atoms with E-state index < -0.39 is 88.8 Å². The third-order valence-electron chi connectivity index (χ3n) is 5.37. The first kappa shape index (κ1) is 49.8. The van der Waals surface area contributed by atoms with Gasteiger partial charge in [-0.25, -0.2) is 0 Å². The minimum absolute atomic E-state index is 1.88. The van der Waals surface area contributed by atoms with Crippen LogP contribution in [0.3, 0.4) is 0 Å². The van der Waals surface area contributed by atoms with Crippen LogP contribution in [0.4, 0.5) is 141 Å². The molecule has 0 unspecified atom stereocenters. The molecule has 0 aliphatic rings. The highest BCUT2D eigenvalue weighted by Crippen LogP contribution is 2.69. The lowest BCUT2D eigenvalue weighted by Crippen LogP contribution is -2.81. The molecule has 0 aliphatic heterocycles. The van der Waals surface area contributed by atoms with Gasteiger partial charge in [0, 0.05) is 4.48 Å². The van der Waals surface area contributed by atoms with Gasteiger partial charge in [-0.2, -0.15) is 101 Å². The van der Waals surface area contributed by atoms with Crippen molar-refractivity contribution >= 4 is 0 Å². The van der Waals surface area contributed by atoms with Crippen LogP contribution >= 0.6 is 0 Å². The predicted octanol–water partition coefficient (Wildman–Crippen LogP) is 10.1. The van der Waals surface area contributed by atoms with Crippen LogP contribution in [0.1, 0.15) is 0 Å². The van der Waals surface area contributed by atoms with E-state index in [1.165, 1.54) is 0 Å². The lowest BCUT2D eigenvalue weighted by Gasteiger charge is -2.46. The molecule has 0 bridgehead atoms. The summed E-state index contributed by atoms with van der Waals surface area (Å²) in [5.41, 5.74) is 0. The molecule has 0 radical (unpaired) electrons. The van der Waals surface area contributed by atoms with Gasteiger partial charge < -0.3 is 5.32 Å². The molecule has 0 fully saturated rings. The zero-order valence-corrected chi connectivity index (χ0v) is 22.0. The van der Waals surface area contributed by atoms with Gasteiger partial charge in [-0.1, -0.05) is 0 Å². The van der Waals surface area contributed by atoms with Crippen LogP contribution in [0.15, 0.2) is 0 Å². The summed E-state index contributed by atoms with van der Waals surface area (Å²) in [4.78, 5) is 0. The van der Waals surface area contributed by atoms with E-state index in [0.29, 0.717) is 0 Å². The van der Waals surface area contributed by atoms with Crippen molar-refractivity contribution in [3.05, 3.63) is 0 Å². The number of rotatable bonds is 11.